The predicted molar refractivity (Wildman–Crippen MR) is 155 cm³/mol. The number of para-hydroxylation sites is 1. The average molecular weight is 575 g/mol. The number of carbonyl (C=O) groups excluding carboxylic acids is 2. The van der Waals surface area contributed by atoms with Crippen LogP contribution in [0.5, 0.6) is 0 Å². The SMILES string of the molecule is Cc1cc(C)cc(NC(=O)C(OC(=O)c2ccc(Cl)c(S(=O)(=O)N3CCc4ccccc43)c2)c2ccccc2)c1. The zero-order valence-corrected chi connectivity index (χ0v) is 23.5. The molecule has 0 fully saturated rings. The number of rotatable bonds is 7. The highest BCUT2D eigenvalue weighted by Crippen LogP contribution is 2.35. The molecule has 5 rings (SSSR count). The molecule has 1 aliphatic rings. The molecule has 0 aliphatic carbocycles. The summed E-state index contributed by atoms with van der Waals surface area (Å²) in [7, 11) is -4.07. The molecule has 0 bridgehead atoms. The van der Waals surface area contributed by atoms with Crippen molar-refractivity contribution in [3.8, 4) is 0 Å². The summed E-state index contributed by atoms with van der Waals surface area (Å²) in [5.41, 5.74) is 4.43. The van der Waals surface area contributed by atoms with Crippen molar-refractivity contribution in [3.05, 3.63) is 124 Å². The van der Waals surface area contributed by atoms with Crippen molar-refractivity contribution in [2.24, 2.45) is 0 Å². The van der Waals surface area contributed by atoms with Crippen LogP contribution in [0.15, 0.2) is 95.9 Å². The second-order valence-corrected chi connectivity index (χ2v) is 11.9. The van der Waals surface area contributed by atoms with Gasteiger partial charge in [-0.1, -0.05) is 66.2 Å². The second kappa shape index (κ2) is 11.2. The van der Waals surface area contributed by atoms with E-state index in [1.165, 1.54) is 22.5 Å². The molecular weight excluding hydrogens is 548 g/mol. The molecule has 0 spiro atoms. The van der Waals surface area contributed by atoms with Gasteiger partial charge < -0.3 is 10.1 Å². The Kier molecular flexibility index (Phi) is 7.65. The van der Waals surface area contributed by atoms with E-state index in [9.17, 15) is 18.0 Å². The van der Waals surface area contributed by atoms with Crippen LogP contribution in [0.25, 0.3) is 0 Å². The van der Waals surface area contributed by atoms with Gasteiger partial charge in [0.15, 0.2) is 0 Å². The Morgan fingerprint density at radius 3 is 2.30 bits per heavy atom. The maximum absolute atomic E-state index is 13.6. The van der Waals surface area contributed by atoms with Crippen molar-refractivity contribution in [1.29, 1.82) is 0 Å². The van der Waals surface area contributed by atoms with Gasteiger partial charge in [0, 0.05) is 17.8 Å². The molecule has 1 N–H and O–H groups in total. The minimum absolute atomic E-state index is 0.0203. The maximum Gasteiger partial charge on any atom is 0.339 e. The van der Waals surface area contributed by atoms with Gasteiger partial charge in [-0.15, -0.1) is 0 Å². The Morgan fingerprint density at radius 1 is 0.900 bits per heavy atom. The minimum Gasteiger partial charge on any atom is -0.444 e. The number of anilines is 2. The molecule has 4 aromatic rings. The first-order chi connectivity index (χ1) is 19.1. The lowest BCUT2D eigenvalue weighted by atomic mass is 10.1. The predicted octanol–water partition coefficient (Wildman–Crippen LogP) is 6.25. The fraction of sp³-hybridized carbons (Fsp3) is 0.161. The number of sulfonamides is 1. The van der Waals surface area contributed by atoms with Gasteiger partial charge in [0.25, 0.3) is 15.9 Å². The van der Waals surface area contributed by atoms with Crippen LogP contribution >= 0.6 is 11.6 Å². The van der Waals surface area contributed by atoms with E-state index in [2.05, 4.69) is 5.32 Å². The zero-order chi connectivity index (χ0) is 28.4. The van der Waals surface area contributed by atoms with E-state index >= 15 is 0 Å². The summed E-state index contributed by atoms with van der Waals surface area (Å²) in [6.45, 7) is 4.11. The lowest BCUT2D eigenvalue weighted by Crippen LogP contribution is -2.29. The fourth-order valence-corrected chi connectivity index (χ4v) is 6.84. The molecular formula is C31H27ClN2O5S. The van der Waals surface area contributed by atoms with Crippen molar-refractivity contribution >= 4 is 44.9 Å². The van der Waals surface area contributed by atoms with Gasteiger partial charge >= 0.3 is 5.97 Å². The number of carbonyl (C=O) groups is 2. The van der Waals surface area contributed by atoms with E-state index < -0.39 is 28.0 Å². The van der Waals surface area contributed by atoms with Crippen LogP contribution in [0, 0.1) is 13.8 Å². The number of nitrogens with zero attached hydrogens (tertiary/aromatic N) is 1. The number of aryl methyl sites for hydroxylation is 2. The monoisotopic (exact) mass is 574 g/mol. The summed E-state index contributed by atoms with van der Waals surface area (Å²) in [6, 6.07) is 25.4. The number of hydrogen-bond acceptors (Lipinski definition) is 5. The van der Waals surface area contributed by atoms with Crippen molar-refractivity contribution < 1.29 is 22.7 Å². The third-order valence-corrected chi connectivity index (χ3v) is 8.93. The molecule has 0 aromatic heterocycles. The van der Waals surface area contributed by atoms with Gasteiger partial charge in [-0.2, -0.15) is 0 Å². The molecule has 7 nitrogen and oxygen atoms in total. The van der Waals surface area contributed by atoms with Crippen LogP contribution in [0.2, 0.25) is 5.02 Å². The van der Waals surface area contributed by atoms with E-state index in [1.807, 2.05) is 44.2 Å². The average Bonchev–Trinajstić information content (AvgIpc) is 3.37. The minimum atomic E-state index is -4.07. The van der Waals surface area contributed by atoms with E-state index in [0.29, 0.717) is 23.4 Å². The lowest BCUT2D eigenvalue weighted by molar-refractivity contribution is -0.125. The lowest BCUT2D eigenvalue weighted by Gasteiger charge is -2.21. The summed E-state index contributed by atoms with van der Waals surface area (Å²) < 4.78 is 34.3. The molecule has 1 amide bonds. The third kappa shape index (κ3) is 5.59. The maximum atomic E-state index is 13.6. The quantitative estimate of drug-likeness (QED) is 0.264. The molecule has 1 aliphatic heterocycles. The van der Waals surface area contributed by atoms with Crippen LogP contribution in [0.1, 0.15) is 38.7 Å². The Labute approximate surface area is 238 Å². The molecule has 0 saturated carbocycles. The van der Waals surface area contributed by atoms with Gasteiger partial charge in [-0.25, -0.2) is 13.2 Å². The third-order valence-electron chi connectivity index (χ3n) is 6.63. The Hall–Kier alpha value is -4.14. The smallest absolute Gasteiger partial charge is 0.339 e. The highest BCUT2D eigenvalue weighted by molar-refractivity contribution is 7.93. The number of nitrogens with one attached hydrogen (secondary N) is 1. The molecule has 4 aromatic carbocycles. The molecule has 0 saturated heterocycles. The number of ether oxygens (including phenoxy) is 1. The first kappa shape index (κ1) is 27.4. The summed E-state index contributed by atoms with van der Waals surface area (Å²) in [5, 5.41) is 2.81. The Morgan fingerprint density at radius 2 is 1.57 bits per heavy atom. The standard InChI is InChI=1S/C31H27ClN2O5S/c1-20-16-21(2)18-25(17-20)33-30(35)29(23-9-4-3-5-10-23)39-31(36)24-12-13-26(32)28(19-24)40(37,38)34-15-14-22-8-6-7-11-27(22)34/h3-13,16-19,29H,14-15H2,1-2H3,(H,33,35). The van der Waals surface area contributed by atoms with Crippen LogP contribution in [0.3, 0.4) is 0 Å². The highest BCUT2D eigenvalue weighted by atomic mass is 35.5. The van der Waals surface area contributed by atoms with Crippen molar-refractivity contribution in [2.45, 2.75) is 31.3 Å². The van der Waals surface area contributed by atoms with E-state index in [1.54, 1.807) is 42.5 Å². The number of halogens is 1. The number of benzene rings is 4. The highest BCUT2D eigenvalue weighted by Gasteiger charge is 2.33. The van der Waals surface area contributed by atoms with Crippen LogP contribution in [0.4, 0.5) is 11.4 Å². The van der Waals surface area contributed by atoms with Gasteiger partial charge in [0.2, 0.25) is 6.10 Å². The number of amides is 1. The van der Waals surface area contributed by atoms with E-state index in [-0.39, 0.29) is 22.0 Å². The normalized spacial score (nSPS) is 13.4. The van der Waals surface area contributed by atoms with Gasteiger partial charge in [-0.05, 0) is 73.4 Å². The van der Waals surface area contributed by atoms with Crippen molar-refractivity contribution in [2.75, 3.05) is 16.2 Å². The molecule has 1 atom stereocenters. The van der Waals surface area contributed by atoms with Crippen LogP contribution < -0.4 is 9.62 Å². The summed E-state index contributed by atoms with van der Waals surface area (Å²) in [4.78, 5) is 26.5. The number of fused-ring (bicyclic) bond motifs is 1. The first-order valence-electron chi connectivity index (χ1n) is 12.7. The molecule has 40 heavy (non-hydrogen) atoms. The van der Waals surface area contributed by atoms with Gasteiger partial charge in [0.05, 0.1) is 16.3 Å². The Bertz CT molecular complexity index is 1690. The number of hydrogen-bond donors (Lipinski definition) is 1. The van der Waals surface area contributed by atoms with Gasteiger partial charge in [0.1, 0.15) is 4.90 Å². The molecule has 9 heteroatoms. The van der Waals surface area contributed by atoms with Gasteiger partial charge in [-0.3, -0.25) is 9.10 Å². The van der Waals surface area contributed by atoms with Crippen molar-refractivity contribution in [1.82, 2.24) is 0 Å². The van der Waals surface area contributed by atoms with E-state index in [4.69, 9.17) is 16.3 Å². The summed E-state index contributed by atoms with van der Waals surface area (Å²) in [6.07, 6.45) is -0.709. The fourth-order valence-electron chi connectivity index (χ4n) is 4.83. The summed E-state index contributed by atoms with van der Waals surface area (Å²) in [5.74, 6) is -1.40. The second-order valence-electron chi connectivity index (χ2n) is 9.66. The first-order valence-corrected chi connectivity index (χ1v) is 14.5. The topological polar surface area (TPSA) is 92.8 Å². The van der Waals surface area contributed by atoms with Crippen LogP contribution in [-0.2, 0) is 26.0 Å². The van der Waals surface area contributed by atoms with Crippen LogP contribution in [-0.4, -0.2) is 26.8 Å². The number of esters is 1. The van der Waals surface area contributed by atoms with Crippen molar-refractivity contribution in [3.63, 3.8) is 0 Å². The molecule has 0 radical (unpaired) electrons. The largest absolute Gasteiger partial charge is 0.444 e. The molecule has 204 valence electrons. The summed E-state index contributed by atoms with van der Waals surface area (Å²) >= 11 is 6.34. The molecule has 1 heterocycles. The molecule has 1 unspecified atom stereocenters. The van der Waals surface area contributed by atoms with E-state index in [0.717, 1.165) is 16.7 Å². The Balaban J connectivity index is 1.44. The zero-order valence-electron chi connectivity index (χ0n) is 21.9.